The van der Waals surface area contributed by atoms with E-state index in [2.05, 4.69) is 17.4 Å². The molecule has 1 aliphatic carbocycles. The number of hydrogen-bond acceptors (Lipinski definition) is 3. The lowest BCUT2D eigenvalue weighted by atomic mass is 9.75. The van der Waals surface area contributed by atoms with Gasteiger partial charge >= 0.3 is 0 Å². The zero-order valence-electron chi connectivity index (χ0n) is 17.4. The van der Waals surface area contributed by atoms with E-state index in [-0.39, 0.29) is 17.7 Å². The van der Waals surface area contributed by atoms with E-state index >= 15 is 0 Å². The van der Waals surface area contributed by atoms with Crippen LogP contribution in [0.5, 0.6) is 11.5 Å². The molecule has 1 aliphatic rings. The Morgan fingerprint density at radius 3 is 2.16 bits per heavy atom. The molecule has 0 heterocycles. The summed E-state index contributed by atoms with van der Waals surface area (Å²) in [6, 6.07) is 32.9. The normalized spacial score (nSPS) is 17.5. The van der Waals surface area contributed by atoms with Crippen molar-refractivity contribution in [1.82, 2.24) is 0 Å². The highest BCUT2D eigenvalue weighted by Gasteiger charge is 2.36. The molecule has 158 valence electrons. The lowest BCUT2D eigenvalue weighted by Gasteiger charge is -2.34. The third kappa shape index (κ3) is 4.25. The molecule has 2 unspecified atom stereocenters. The predicted molar refractivity (Wildman–Crippen MR) is 129 cm³/mol. The van der Waals surface area contributed by atoms with Gasteiger partial charge in [0.05, 0.1) is 6.04 Å². The van der Waals surface area contributed by atoms with Gasteiger partial charge in [-0.25, -0.2) is 0 Å². The van der Waals surface area contributed by atoms with E-state index in [0.29, 0.717) is 11.4 Å². The summed E-state index contributed by atoms with van der Waals surface area (Å²) in [7, 11) is 0. The monoisotopic (exact) mass is 439 g/mol. The van der Waals surface area contributed by atoms with Crippen LogP contribution in [0.2, 0.25) is 5.02 Å². The van der Waals surface area contributed by atoms with Crippen LogP contribution in [-0.4, -0.2) is 11.8 Å². The molecule has 4 aromatic rings. The quantitative estimate of drug-likeness (QED) is 0.368. The number of carbonyl (C=O) groups is 1. The van der Waals surface area contributed by atoms with Crippen LogP contribution in [0.4, 0.5) is 5.69 Å². The second-order valence-corrected chi connectivity index (χ2v) is 8.37. The van der Waals surface area contributed by atoms with Crippen molar-refractivity contribution in [2.24, 2.45) is 0 Å². The molecule has 4 aromatic carbocycles. The lowest BCUT2D eigenvalue weighted by molar-refractivity contribution is -0.119. The lowest BCUT2D eigenvalue weighted by Crippen LogP contribution is -2.41. The number of benzene rings is 4. The first-order chi connectivity index (χ1) is 15.7. The van der Waals surface area contributed by atoms with Crippen molar-refractivity contribution in [3.05, 3.63) is 125 Å². The van der Waals surface area contributed by atoms with Crippen molar-refractivity contribution in [2.75, 3.05) is 5.32 Å². The minimum atomic E-state index is -0.385. The van der Waals surface area contributed by atoms with Gasteiger partial charge in [-0.3, -0.25) is 4.79 Å². The molecule has 0 radical (unpaired) electrons. The van der Waals surface area contributed by atoms with Crippen LogP contribution in [0, 0.1) is 0 Å². The van der Waals surface area contributed by atoms with Gasteiger partial charge in [0.25, 0.3) is 0 Å². The molecule has 0 spiro atoms. The van der Waals surface area contributed by atoms with Gasteiger partial charge in [-0.1, -0.05) is 66.2 Å². The number of ether oxygens (including phenoxy) is 1. The molecule has 1 N–H and O–H groups in total. The van der Waals surface area contributed by atoms with E-state index in [9.17, 15) is 4.79 Å². The molecule has 0 aromatic heterocycles. The van der Waals surface area contributed by atoms with Crippen molar-refractivity contribution in [2.45, 2.75) is 18.4 Å². The Bertz CT molecular complexity index is 1220. The van der Waals surface area contributed by atoms with Gasteiger partial charge in [0, 0.05) is 23.0 Å². The third-order valence-corrected chi connectivity index (χ3v) is 6.04. The highest BCUT2D eigenvalue weighted by molar-refractivity contribution is 6.30. The highest BCUT2D eigenvalue weighted by Crippen LogP contribution is 2.38. The van der Waals surface area contributed by atoms with Crippen molar-refractivity contribution in [3.63, 3.8) is 0 Å². The first-order valence-electron chi connectivity index (χ1n) is 10.6. The van der Waals surface area contributed by atoms with E-state index in [0.717, 1.165) is 33.9 Å². The first-order valence-corrected chi connectivity index (χ1v) is 11.0. The Morgan fingerprint density at radius 2 is 1.44 bits per heavy atom. The van der Waals surface area contributed by atoms with Crippen LogP contribution in [0.1, 0.15) is 22.6 Å². The van der Waals surface area contributed by atoms with Gasteiger partial charge in [0.2, 0.25) is 0 Å². The molecule has 4 heteroatoms. The zero-order chi connectivity index (χ0) is 21.9. The summed E-state index contributed by atoms with van der Waals surface area (Å²) in [5.41, 5.74) is 4.10. The molecule has 0 saturated heterocycles. The Morgan fingerprint density at radius 1 is 0.781 bits per heavy atom. The molecular formula is C28H22ClNO2. The van der Waals surface area contributed by atoms with Crippen LogP contribution in [0.3, 0.4) is 0 Å². The van der Waals surface area contributed by atoms with Gasteiger partial charge in [0.15, 0.2) is 5.78 Å². The number of fused-ring (bicyclic) bond motifs is 1. The van der Waals surface area contributed by atoms with E-state index in [1.807, 2.05) is 91.0 Å². The summed E-state index contributed by atoms with van der Waals surface area (Å²) >= 11 is 6.34. The largest absolute Gasteiger partial charge is 0.457 e. The van der Waals surface area contributed by atoms with Gasteiger partial charge in [-0.2, -0.15) is 0 Å². The summed E-state index contributed by atoms with van der Waals surface area (Å²) in [6.45, 7) is 0. The summed E-state index contributed by atoms with van der Waals surface area (Å²) in [4.78, 5) is 13.2. The van der Waals surface area contributed by atoms with Crippen molar-refractivity contribution >= 4 is 23.1 Å². The first kappa shape index (κ1) is 20.3. The number of ketones is 1. The van der Waals surface area contributed by atoms with Crippen LogP contribution in [0.15, 0.2) is 103 Å². The van der Waals surface area contributed by atoms with E-state index in [4.69, 9.17) is 16.3 Å². The number of carbonyl (C=O) groups excluding carboxylic acids is 1. The van der Waals surface area contributed by atoms with E-state index in [1.54, 1.807) is 0 Å². The average Bonchev–Trinajstić information content (AvgIpc) is 2.82. The fraction of sp³-hybridized carbons (Fsp3) is 0.107. The topological polar surface area (TPSA) is 38.3 Å². The second-order valence-electron chi connectivity index (χ2n) is 7.94. The molecule has 0 saturated carbocycles. The van der Waals surface area contributed by atoms with Crippen molar-refractivity contribution in [1.29, 1.82) is 0 Å². The third-order valence-electron chi connectivity index (χ3n) is 5.80. The molecule has 5 rings (SSSR count). The van der Waals surface area contributed by atoms with E-state index < -0.39 is 0 Å². The maximum absolute atomic E-state index is 13.2. The molecule has 32 heavy (non-hydrogen) atoms. The molecule has 3 nitrogen and oxygen atoms in total. The van der Waals surface area contributed by atoms with Gasteiger partial charge < -0.3 is 10.1 Å². The number of Topliss-reactive ketones (excluding diaryl/α,β-unsaturated/α-hetero) is 1. The van der Waals surface area contributed by atoms with Gasteiger partial charge in [-0.05, 0) is 65.2 Å². The van der Waals surface area contributed by atoms with Crippen LogP contribution >= 0.6 is 11.6 Å². The van der Waals surface area contributed by atoms with Crippen molar-refractivity contribution < 1.29 is 9.53 Å². The molecule has 0 bridgehead atoms. The Kier molecular flexibility index (Phi) is 5.66. The van der Waals surface area contributed by atoms with Gasteiger partial charge in [0.1, 0.15) is 11.5 Å². The Hall–Kier alpha value is -3.56. The number of hydrogen-bond donors (Lipinski definition) is 1. The Labute approximate surface area is 192 Å². The molecule has 0 aliphatic heterocycles. The second kappa shape index (κ2) is 8.89. The van der Waals surface area contributed by atoms with Crippen LogP contribution in [-0.2, 0) is 11.2 Å². The van der Waals surface area contributed by atoms with Crippen molar-refractivity contribution in [3.8, 4) is 11.5 Å². The number of para-hydroxylation sites is 1. The number of nitrogens with one attached hydrogen (secondary N) is 1. The minimum Gasteiger partial charge on any atom is -0.457 e. The maximum Gasteiger partial charge on any atom is 0.160 e. The summed E-state index contributed by atoms with van der Waals surface area (Å²) < 4.78 is 5.89. The summed E-state index contributed by atoms with van der Waals surface area (Å²) in [6.07, 6.45) is 0.392. The number of rotatable bonds is 5. The summed E-state index contributed by atoms with van der Waals surface area (Å²) in [5, 5.41) is 4.16. The standard InChI is InChI=1S/C28H22ClNO2/c29-21-12-11-20-17-26(31)28(27(25(20)18-21)19-7-3-1-4-8-19)30-22-13-15-24(16-14-22)32-23-9-5-2-6-10-23/h1-16,18,27-28,30H,17H2. The maximum atomic E-state index is 13.2. The fourth-order valence-corrected chi connectivity index (χ4v) is 4.48. The predicted octanol–water partition coefficient (Wildman–Crippen LogP) is 6.87. The minimum absolute atomic E-state index is 0.119. The average molecular weight is 440 g/mol. The number of anilines is 1. The van der Waals surface area contributed by atoms with Crippen LogP contribution < -0.4 is 10.1 Å². The molecular weight excluding hydrogens is 418 g/mol. The SMILES string of the molecule is O=C1Cc2ccc(Cl)cc2C(c2ccccc2)C1Nc1ccc(Oc2ccccc2)cc1. The van der Waals surface area contributed by atoms with Crippen LogP contribution in [0.25, 0.3) is 0 Å². The fourth-order valence-electron chi connectivity index (χ4n) is 4.30. The van der Waals surface area contributed by atoms with Gasteiger partial charge in [-0.15, -0.1) is 0 Å². The smallest absolute Gasteiger partial charge is 0.160 e. The Balaban J connectivity index is 1.44. The zero-order valence-corrected chi connectivity index (χ0v) is 18.1. The molecule has 0 amide bonds. The molecule has 0 fully saturated rings. The summed E-state index contributed by atoms with van der Waals surface area (Å²) in [5.74, 6) is 1.58. The number of halogens is 1. The van der Waals surface area contributed by atoms with E-state index in [1.165, 1.54) is 0 Å². The molecule has 2 atom stereocenters. The highest BCUT2D eigenvalue weighted by atomic mass is 35.5.